The number of likely N-dealkylation sites (tertiary alicyclic amines) is 1. The molecule has 2 saturated heterocycles. The average Bonchev–Trinajstić information content (AvgIpc) is 2.90. The Labute approximate surface area is 144 Å². The van der Waals surface area contributed by atoms with Gasteiger partial charge in [-0.1, -0.05) is 6.92 Å². The first-order valence-electron chi connectivity index (χ1n) is 8.82. The maximum atomic E-state index is 12.8. The van der Waals surface area contributed by atoms with Crippen molar-refractivity contribution in [1.82, 2.24) is 10.2 Å². The fourth-order valence-electron chi connectivity index (χ4n) is 3.53. The molecule has 0 aromatic heterocycles. The molecule has 2 heterocycles. The van der Waals surface area contributed by atoms with Gasteiger partial charge in [-0.05, 0) is 51.7 Å². The smallest absolute Gasteiger partial charge is 0.237 e. The van der Waals surface area contributed by atoms with Gasteiger partial charge in [-0.15, -0.1) is 0 Å². The van der Waals surface area contributed by atoms with E-state index in [-0.39, 0.29) is 23.5 Å². The molecule has 5 unspecified atom stereocenters. The van der Waals surface area contributed by atoms with Crippen LogP contribution in [0.25, 0.3) is 0 Å². The van der Waals surface area contributed by atoms with E-state index >= 15 is 0 Å². The number of fused-ring (bicyclic) bond motifs is 1. The van der Waals surface area contributed by atoms with Crippen molar-refractivity contribution in [2.75, 3.05) is 18.8 Å². The Hall–Kier alpha value is -0.300. The van der Waals surface area contributed by atoms with E-state index in [9.17, 15) is 9.90 Å². The highest BCUT2D eigenvalue weighted by Crippen LogP contribution is 2.40. The van der Waals surface area contributed by atoms with Crippen molar-refractivity contribution in [2.24, 2.45) is 11.7 Å². The van der Waals surface area contributed by atoms with E-state index in [0.29, 0.717) is 17.7 Å². The van der Waals surface area contributed by atoms with Gasteiger partial charge in [0.05, 0.1) is 12.1 Å². The van der Waals surface area contributed by atoms with Crippen molar-refractivity contribution in [3.63, 3.8) is 0 Å². The molecule has 6 heteroatoms. The van der Waals surface area contributed by atoms with Crippen LogP contribution in [0.4, 0.5) is 0 Å². The number of nitrogens with two attached hydrogens (primary N) is 1. The summed E-state index contributed by atoms with van der Waals surface area (Å²) in [7, 11) is 0. The van der Waals surface area contributed by atoms with E-state index < -0.39 is 6.10 Å². The monoisotopic (exact) mass is 343 g/mol. The maximum Gasteiger partial charge on any atom is 0.237 e. The Bertz CT molecular complexity index is 413. The Kier molecular flexibility index (Phi) is 6.39. The summed E-state index contributed by atoms with van der Waals surface area (Å²) in [4.78, 5) is 14.9. The molecule has 0 saturated carbocycles. The van der Waals surface area contributed by atoms with Crippen LogP contribution in [0, 0.1) is 5.92 Å². The van der Waals surface area contributed by atoms with Crippen molar-refractivity contribution >= 4 is 17.7 Å². The van der Waals surface area contributed by atoms with Crippen LogP contribution >= 0.6 is 11.8 Å². The molecule has 0 aromatic carbocycles. The minimum Gasteiger partial charge on any atom is -0.390 e. The third kappa shape index (κ3) is 5.08. The first-order valence-corrected chi connectivity index (χ1v) is 9.87. The van der Waals surface area contributed by atoms with E-state index in [0.717, 1.165) is 19.4 Å². The Morgan fingerprint density at radius 2 is 2.17 bits per heavy atom. The van der Waals surface area contributed by atoms with Crippen LogP contribution in [0.3, 0.4) is 0 Å². The molecule has 0 aliphatic carbocycles. The minimum atomic E-state index is -0.574. The third-order valence-corrected chi connectivity index (χ3v) is 6.38. The lowest BCUT2D eigenvalue weighted by molar-refractivity contribution is -0.130. The molecular weight excluding hydrogens is 310 g/mol. The summed E-state index contributed by atoms with van der Waals surface area (Å²) in [5.74, 6) is 1.91. The van der Waals surface area contributed by atoms with Gasteiger partial charge in [-0.3, -0.25) is 9.69 Å². The molecule has 0 spiro atoms. The zero-order valence-electron chi connectivity index (χ0n) is 14.9. The molecule has 134 valence electrons. The molecule has 2 aliphatic heterocycles. The van der Waals surface area contributed by atoms with Gasteiger partial charge in [-0.25, -0.2) is 0 Å². The number of aliphatic hydroxyl groups is 1. The molecule has 4 N–H and O–H groups in total. The fraction of sp³-hybridized carbons (Fsp3) is 0.941. The van der Waals surface area contributed by atoms with E-state index in [1.165, 1.54) is 12.2 Å². The highest BCUT2D eigenvalue weighted by molar-refractivity contribution is 8.00. The van der Waals surface area contributed by atoms with E-state index in [1.54, 1.807) is 0 Å². The van der Waals surface area contributed by atoms with Gasteiger partial charge in [-0.2, -0.15) is 11.8 Å². The summed E-state index contributed by atoms with van der Waals surface area (Å²) in [6.45, 7) is 9.39. The summed E-state index contributed by atoms with van der Waals surface area (Å²) < 4.78 is 0. The van der Waals surface area contributed by atoms with E-state index in [1.807, 2.05) is 39.5 Å². The number of aliphatic hydroxyl groups excluding tert-OH is 1. The largest absolute Gasteiger partial charge is 0.390 e. The van der Waals surface area contributed by atoms with Crippen LogP contribution in [0.1, 0.15) is 47.0 Å². The van der Waals surface area contributed by atoms with Crippen molar-refractivity contribution in [3.05, 3.63) is 0 Å². The maximum absolute atomic E-state index is 12.8. The van der Waals surface area contributed by atoms with Gasteiger partial charge in [0.25, 0.3) is 0 Å². The van der Waals surface area contributed by atoms with Crippen LogP contribution in [0.15, 0.2) is 0 Å². The third-order valence-electron chi connectivity index (χ3n) is 4.90. The lowest BCUT2D eigenvalue weighted by Crippen LogP contribution is -2.59. The predicted octanol–water partition coefficient (Wildman–Crippen LogP) is 1.20. The molecule has 5 nitrogen and oxygen atoms in total. The summed E-state index contributed by atoms with van der Waals surface area (Å²) in [5, 5.41) is 14.0. The lowest BCUT2D eigenvalue weighted by Gasteiger charge is -2.42. The molecule has 0 aromatic rings. The Morgan fingerprint density at radius 3 is 2.78 bits per heavy atom. The molecule has 1 amide bonds. The van der Waals surface area contributed by atoms with Crippen molar-refractivity contribution in [3.8, 4) is 0 Å². The number of amides is 1. The van der Waals surface area contributed by atoms with Crippen LogP contribution in [0.5, 0.6) is 0 Å². The highest BCUT2D eigenvalue weighted by Gasteiger charge is 2.42. The van der Waals surface area contributed by atoms with Crippen molar-refractivity contribution in [1.29, 1.82) is 0 Å². The van der Waals surface area contributed by atoms with E-state index in [2.05, 4.69) is 10.2 Å². The normalized spacial score (nSPS) is 31.5. The average molecular weight is 344 g/mol. The number of rotatable bonds is 5. The fourth-order valence-corrected chi connectivity index (χ4v) is 5.09. The predicted molar refractivity (Wildman–Crippen MR) is 96.5 cm³/mol. The number of hydrogen-bond acceptors (Lipinski definition) is 5. The van der Waals surface area contributed by atoms with Gasteiger partial charge >= 0.3 is 0 Å². The second kappa shape index (κ2) is 7.72. The number of β-amino-alcohol motifs (C(OH)–C–C–N with tert-alkyl or cyclic N) is 1. The second-order valence-corrected chi connectivity index (χ2v) is 9.39. The first kappa shape index (κ1) is 19.0. The molecule has 2 fully saturated rings. The van der Waals surface area contributed by atoms with Crippen LogP contribution in [-0.4, -0.2) is 63.7 Å². The number of hydrogen-bond donors (Lipinski definition) is 3. The summed E-state index contributed by atoms with van der Waals surface area (Å²) >= 11 is 2.00. The van der Waals surface area contributed by atoms with Crippen molar-refractivity contribution < 1.29 is 9.90 Å². The summed E-state index contributed by atoms with van der Waals surface area (Å²) in [6, 6.07) is -0.378. The second-order valence-electron chi connectivity index (χ2n) is 8.04. The van der Waals surface area contributed by atoms with Crippen LogP contribution < -0.4 is 11.1 Å². The number of thioether (sulfide) groups is 1. The lowest BCUT2D eigenvalue weighted by atomic mass is 9.89. The molecule has 0 bridgehead atoms. The first-order chi connectivity index (χ1) is 10.7. The number of piperidine rings is 1. The Morgan fingerprint density at radius 1 is 1.48 bits per heavy atom. The van der Waals surface area contributed by atoms with Gasteiger partial charge < -0.3 is 16.2 Å². The highest BCUT2D eigenvalue weighted by atomic mass is 32.2. The van der Waals surface area contributed by atoms with E-state index in [4.69, 9.17) is 5.73 Å². The van der Waals surface area contributed by atoms with Gasteiger partial charge in [0.2, 0.25) is 5.91 Å². The number of nitrogens with one attached hydrogen (secondary N) is 1. The molecule has 5 atom stereocenters. The van der Waals surface area contributed by atoms with Crippen LogP contribution in [0.2, 0.25) is 0 Å². The molecule has 2 aliphatic rings. The topological polar surface area (TPSA) is 78.6 Å². The molecular formula is C17H33N3O2S. The van der Waals surface area contributed by atoms with Crippen LogP contribution in [-0.2, 0) is 4.79 Å². The number of nitrogens with zero attached hydrogens (tertiary/aromatic N) is 1. The summed E-state index contributed by atoms with van der Waals surface area (Å²) in [6.07, 6.45) is 2.27. The zero-order valence-corrected chi connectivity index (χ0v) is 15.7. The Balaban J connectivity index is 2.08. The molecule has 23 heavy (non-hydrogen) atoms. The van der Waals surface area contributed by atoms with Crippen molar-refractivity contribution in [2.45, 2.75) is 75.9 Å². The van der Waals surface area contributed by atoms with Gasteiger partial charge in [0.1, 0.15) is 0 Å². The minimum absolute atomic E-state index is 0.0840. The number of carbonyl (C=O) groups excluding carboxylic acids is 1. The molecule has 0 radical (unpaired) electrons. The zero-order chi connectivity index (χ0) is 17.2. The SMILES string of the molecule is CCC(N)C(O)CN1CC2CCSC2CC1C(=O)NC(C)(C)C. The van der Waals surface area contributed by atoms with Gasteiger partial charge in [0.15, 0.2) is 0 Å². The quantitative estimate of drug-likeness (QED) is 0.699. The number of carbonyl (C=O) groups is 1. The van der Waals surface area contributed by atoms with Gasteiger partial charge in [0, 0.05) is 29.9 Å². The summed E-state index contributed by atoms with van der Waals surface area (Å²) in [5.41, 5.74) is 5.75. The molecule has 2 rings (SSSR count). The standard InChI is InChI=1S/C17H33N3O2S/c1-5-12(18)14(21)10-20-9-11-6-7-23-15(11)8-13(20)16(22)19-17(2,3)4/h11-15,21H,5-10,18H2,1-4H3,(H,19,22).